The van der Waals surface area contributed by atoms with E-state index in [1.54, 1.807) is 23.8 Å². The number of rotatable bonds is 0. The number of benzene rings is 1. The predicted molar refractivity (Wildman–Crippen MR) is 83.3 cm³/mol. The molecule has 2 aliphatic heterocycles. The maximum atomic E-state index is 12.7. The summed E-state index contributed by atoms with van der Waals surface area (Å²) in [5.74, 6) is 0.0683. The molecule has 0 radical (unpaired) electrons. The van der Waals surface area contributed by atoms with Gasteiger partial charge in [0.05, 0.1) is 6.04 Å². The Balaban J connectivity index is 1.89. The molecule has 0 aliphatic carbocycles. The van der Waals surface area contributed by atoms with Gasteiger partial charge in [0.1, 0.15) is 12.1 Å². The van der Waals surface area contributed by atoms with Crippen molar-refractivity contribution in [1.82, 2.24) is 14.8 Å². The van der Waals surface area contributed by atoms with Crippen LogP contribution in [-0.4, -0.2) is 45.7 Å². The number of hydrogen-bond acceptors (Lipinski definition) is 2. The van der Waals surface area contributed by atoms with Crippen LogP contribution in [0.1, 0.15) is 31.1 Å². The molecule has 1 N–H and O–H groups in total. The zero-order valence-corrected chi connectivity index (χ0v) is 13.0. The molecule has 0 bridgehead atoms. The Labute approximate surface area is 128 Å². The van der Waals surface area contributed by atoms with Gasteiger partial charge in [-0.05, 0) is 25.5 Å². The fourth-order valence-corrected chi connectivity index (χ4v) is 3.86. The van der Waals surface area contributed by atoms with Crippen LogP contribution < -0.4 is 0 Å². The average Bonchev–Trinajstić information content (AvgIpc) is 2.90. The summed E-state index contributed by atoms with van der Waals surface area (Å²) < 4.78 is 0. The van der Waals surface area contributed by atoms with Gasteiger partial charge in [-0.2, -0.15) is 0 Å². The van der Waals surface area contributed by atoms with Crippen LogP contribution in [0.25, 0.3) is 10.9 Å². The van der Waals surface area contributed by atoms with Crippen LogP contribution in [-0.2, 0) is 16.0 Å². The monoisotopic (exact) mass is 297 g/mol. The van der Waals surface area contributed by atoms with E-state index in [0.717, 1.165) is 16.6 Å². The quantitative estimate of drug-likeness (QED) is 0.806. The fourth-order valence-electron chi connectivity index (χ4n) is 3.86. The van der Waals surface area contributed by atoms with E-state index in [-0.39, 0.29) is 23.9 Å². The van der Waals surface area contributed by atoms with E-state index < -0.39 is 6.04 Å². The number of piperazine rings is 1. The number of amides is 2. The highest BCUT2D eigenvalue weighted by Crippen LogP contribution is 2.39. The minimum absolute atomic E-state index is 0.0314. The van der Waals surface area contributed by atoms with Gasteiger partial charge in [0.2, 0.25) is 11.8 Å². The molecule has 1 aromatic carbocycles. The van der Waals surface area contributed by atoms with Gasteiger partial charge in [-0.15, -0.1) is 0 Å². The number of aromatic nitrogens is 1. The van der Waals surface area contributed by atoms with E-state index in [2.05, 4.69) is 11.1 Å². The number of fused-ring (bicyclic) bond motifs is 4. The van der Waals surface area contributed by atoms with Crippen molar-refractivity contribution in [2.45, 2.75) is 38.4 Å². The third kappa shape index (κ3) is 1.54. The third-order valence-corrected chi connectivity index (χ3v) is 5.24. The van der Waals surface area contributed by atoms with Gasteiger partial charge in [-0.1, -0.05) is 18.2 Å². The third-order valence-electron chi connectivity index (χ3n) is 5.24. The SMILES string of the molecule is CC1C(=O)N2[C@H](Cc3c([nH]c4ccccc34)[C@H]2C)C(=O)N1C. The molecule has 1 fully saturated rings. The van der Waals surface area contributed by atoms with Gasteiger partial charge in [0.25, 0.3) is 0 Å². The first kappa shape index (κ1) is 13.4. The Kier molecular flexibility index (Phi) is 2.64. The van der Waals surface area contributed by atoms with Crippen molar-refractivity contribution in [3.63, 3.8) is 0 Å². The van der Waals surface area contributed by atoms with Crippen LogP contribution in [0, 0.1) is 0 Å². The first-order valence-corrected chi connectivity index (χ1v) is 7.69. The molecule has 2 aromatic rings. The molecule has 2 aliphatic rings. The summed E-state index contributed by atoms with van der Waals surface area (Å²) in [6, 6.07) is 7.25. The van der Waals surface area contributed by atoms with Crippen LogP contribution in [0.4, 0.5) is 0 Å². The standard InChI is InChI=1S/C17H19N3O2/c1-9-15-12(11-6-4-5-7-13(11)18-15)8-14-17(22)19(3)10(2)16(21)20(9)14/h4-7,9-10,14,18H,8H2,1-3H3/t9-,10?,14-/m1/s1. The van der Waals surface area contributed by atoms with E-state index in [9.17, 15) is 9.59 Å². The van der Waals surface area contributed by atoms with Crippen LogP contribution >= 0.6 is 0 Å². The molecular weight excluding hydrogens is 278 g/mol. The number of carbonyl (C=O) groups is 2. The van der Waals surface area contributed by atoms with E-state index >= 15 is 0 Å². The maximum absolute atomic E-state index is 12.7. The summed E-state index contributed by atoms with van der Waals surface area (Å²) in [4.78, 5) is 32.1. The molecule has 3 heterocycles. The van der Waals surface area contributed by atoms with Crippen molar-refractivity contribution in [3.8, 4) is 0 Å². The van der Waals surface area contributed by atoms with Gasteiger partial charge in [0.15, 0.2) is 0 Å². The summed E-state index contributed by atoms with van der Waals surface area (Å²) in [5.41, 5.74) is 3.31. The van der Waals surface area contributed by atoms with Crippen molar-refractivity contribution in [3.05, 3.63) is 35.5 Å². The fraction of sp³-hybridized carbons (Fsp3) is 0.412. The Hall–Kier alpha value is -2.30. The van der Waals surface area contributed by atoms with Crippen molar-refractivity contribution >= 4 is 22.7 Å². The zero-order chi connectivity index (χ0) is 15.6. The lowest BCUT2D eigenvalue weighted by molar-refractivity contribution is -0.162. The second-order valence-electron chi connectivity index (χ2n) is 6.33. The van der Waals surface area contributed by atoms with E-state index in [0.29, 0.717) is 6.42 Å². The lowest BCUT2D eigenvalue weighted by Crippen LogP contribution is -2.64. The molecule has 1 unspecified atom stereocenters. The second kappa shape index (κ2) is 4.35. The van der Waals surface area contributed by atoms with Crippen LogP contribution in [0.2, 0.25) is 0 Å². The van der Waals surface area contributed by atoms with Gasteiger partial charge >= 0.3 is 0 Å². The van der Waals surface area contributed by atoms with E-state index in [4.69, 9.17) is 0 Å². The molecular formula is C17H19N3O2. The first-order chi connectivity index (χ1) is 10.5. The number of para-hydroxylation sites is 1. The molecule has 2 amide bonds. The van der Waals surface area contributed by atoms with Crippen LogP contribution in [0.5, 0.6) is 0 Å². The number of H-pyrrole nitrogens is 1. The minimum atomic E-state index is -0.392. The molecule has 114 valence electrons. The number of nitrogens with one attached hydrogen (secondary N) is 1. The molecule has 22 heavy (non-hydrogen) atoms. The number of nitrogens with zero attached hydrogens (tertiary/aromatic N) is 2. The van der Waals surface area contributed by atoms with Crippen molar-refractivity contribution in [2.75, 3.05) is 7.05 Å². The summed E-state index contributed by atoms with van der Waals surface area (Å²) in [6.07, 6.45) is 0.589. The first-order valence-electron chi connectivity index (χ1n) is 7.69. The van der Waals surface area contributed by atoms with Crippen LogP contribution in [0.3, 0.4) is 0 Å². The summed E-state index contributed by atoms with van der Waals surface area (Å²) in [6.45, 7) is 3.80. The Morgan fingerprint density at radius 3 is 2.59 bits per heavy atom. The normalized spacial score (nSPS) is 28.0. The second-order valence-corrected chi connectivity index (χ2v) is 6.33. The summed E-state index contributed by atoms with van der Waals surface area (Å²) in [7, 11) is 1.72. The van der Waals surface area contributed by atoms with E-state index in [1.165, 1.54) is 5.56 Å². The van der Waals surface area contributed by atoms with Gasteiger partial charge in [-0.3, -0.25) is 9.59 Å². The highest BCUT2D eigenvalue weighted by atomic mass is 16.2. The van der Waals surface area contributed by atoms with Crippen LogP contribution in [0.15, 0.2) is 24.3 Å². The molecule has 5 heteroatoms. The van der Waals surface area contributed by atoms with Crippen molar-refractivity contribution in [1.29, 1.82) is 0 Å². The Bertz CT molecular complexity index is 794. The van der Waals surface area contributed by atoms with Gasteiger partial charge in [0, 0.05) is 30.1 Å². The molecule has 3 atom stereocenters. The molecule has 4 rings (SSSR count). The summed E-state index contributed by atoms with van der Waals surface area (Å²) >= 11 is 0. The minimum Gasteiger partial charge on any atom is -0.356 e. The largest absolute Gasteiger partial charge is 0.356 e. The highest BCUT2D eigenvalue weighted by molar-refractivity contribution is 5.98. The van der Waals surface area contributed by atoms with Gasteiger partial charge in [-0.25, -0.2) is 0 Å². The Morgan fingerprint density at radius 1 is 1.09 bits per heavy atom. The number of carbonyl (C=O) groups excluding carboxylic acids is 2. The number of aromatic amines is 1. The highest BCUT2D eigenvalue weighted by Gasteiger charge is 2.48. The topological polar surface area (TPSA) is 56.4 Å². The Morgan fingerprint density at radius 2 is 1.82 bits per heavy atom. The predicted octanol–water partition coefficient (Wildman–Crippen LogP) is 1.84. The lowest BCUT2D eigenvalue weighted by Gasteiger charge is -2.47. The molecule has 0 saturated carbocycles. The smallest absolute Gasteiger partial charge is 0.246 e. The average molecular weight is 297 g/mol. The van der Waals surface area contributed by atoms with Crippen molar-refractivity contribution < 1.29 is 9.59 Å². The summed E-state index contributed by atoms with van der Waals surface area (Å²) in [5, 5.41) is 1.16. The molecule has 5 nitrogen and oxygen atoms in total. The zero-order valence-electron chi connectivity index (χ0n) is 13.0. The molecule has 0 spiro atoms. The maximum Gasteiger partial charge on any atom is 0.246 e. The number of likely N-dealkylation sites (N-methyl/N-ethyl adjacent to an activating group) is 1. The lowest BCUT2D eigenvalue weighted by atomic mass is 9.89. The van der Waals surface area contributed by atoms with Crippen molar-refractivity contribution in [2.24, 2.45) is 0 Å². The number of hydrogen-bond donors (Lipinski definition) is 1. The van der Waals surface area contributed by atoms with E-state index in [1.807, 2.05) is 25.1 Å². The molecule has 1 saturated heterocycles. The molecule has 1 aromatic heterocycles. The van der Waals surface area contributed by atoms with Gasteiger partial charge < -0.3 is 14.8 Å².